The van der Waals surface area contributed by atoms with Crippen molar-refractivity contribution in [2.45, 2.75) is 20.3 Å². The van der Waals surface area contributed by atoms with E-state index in [4.69, 9.17) is 5.73 Å². The van der Waals surface area contributed by atoms with E-state index in [2.05, 4.69) is 9.97 Å². The average Bonchev–Trinajstić information content (AvgIpc) is 2.77. The number of nitrogens with zero attached hydrogens (tertiary/aromatic N) is 2. The van der Waals surface area contributed by atoms with Crippen molar-refractivity contribution in [2.75, 3.05) is 5.73 Å². The first-order chi connectivity index (χ1) is 10.0. The van der Waals surface area contributed by atoms with Crippen molar-refractivity contribution in [3.63, 3.8) is 0 Å². The van der Waals surface area contributed by atoms with Crippen LogP contribution < -0.4 is 5.73 Å². The van der Waals surface area contributed by atoms with E-state index >= 15 is 0 Å². The van der Waals surface area contributed by atoms with Crippen molar-refractivity contribution in [1.82, 2.24) is 9.97 Å². The Labute approximate surface area is 126 Å². The molecule has 0 spiro atoms. The van der Waals surface area contributed by atoms with Crippen LogP contribution in [0.25, 0.3) is 10.9 Å². The first kappa shape index (κ1) is 13.7. The quantitative estimate of drug-likeness (QED) is 0.753. The molecule has 2 N–H and O–H groups in total. The summed E-state index contributed by atoms with van der Waals surface area (Å²) in [4.78, 5) is 22.3. The number of ketones is 1. The van der Waals surface area contributed by atoms with Gasteiger partial charge in [-0.1, -0.05) is 18.2 Å². The molecule has 0 aliphatic rings. The predicted octanol–water partition coefficient (Wildman–Crippen LogP) is 3.32. The lowest BCUT2D eigenvalue weighted by molar-refractivity contribution is 0.0988. The van der Waals surface area contributed by atoms with Crippen LogP contribution in [0.1, 0.15) is 26.1 Å². The van der Waals surface area contributed by atoms with Crippen LogP contribution in [0.3, 0.4) is 0 Å². The molecule has 0 saturated heterocycles. The molecule has 0 bridgehead atoms. The number of nitrogen functional groups attached to an aromatic ring is 1. The van der Waals surface area contributed by atoms with E-state index in [0.29, 0.717) is 11.4 Å². The zero-order valence-electron chi connectivity index (χ0n) is 11.9. The van der Waals surface area contributed by atoms with Crippen LogP contribution in [0.5, 0.6) is 0 Å². The van der Waals surface area contributed by atoms with Crippen LogP contribution in [-0.4, -0.2) is 15.8 Å². The Balaban J connectivity index is 1.94. The standard InChI is InChI=1S/C16H15N3OS/c1-9-10(2)21-16(18-9)8-15(20)14-7-12(17)11-5-3-4-6-13(11)19-14/h3-7H,8H2,1-2H3,(H2,17,19). The Morgan fingerprint density at radius 1 is 1.24 bits per heavy atom. The number of fused-ring (bicyclic) bond motifs is 1. The number of pyridine rings is 1. The van der Waals surface area contributed by atoms with Crippen molar-refractivity contribution in [3.05, 3.63) is 51.6 Å². The summed E-state index contributed by atoms with van der Waals surface area (Å²) in [6, 6.07) is 9.21. The maximum Gasteiger partial charge on any atom is 0.188 e. The molecule has 0 fully saturated rings. The second-order valence-corrected chi connectivity index (χ2v) is 6.25. The molecule has 0 aliphatic heterocycles. The molecule has 5 heteroatoms. The van der Waals surface area contributed by atoms with Crippen molar-refractivity contribution in [3.8, 4) is 0 Å². The van der Waals surface area contributed by atoms with Gasteiger partial charge in [-0.3, -0.25) is 4.79 Å². The number of hydrogen-bond acceptors (Lipinski definition) is 5. The molecule has 2 aromatic heterocycles. The fourth-order valence-electron chi connectivity index (χ4n) is 2.19. The van der Waals surface area contributed by atoms with Gasteiger partial charge in [0, 0.05) is 16.0 Å². The van der Waals surface area contributed by atoms with Gasteiger partial charge in [-0.25, -0.2) is 9.97 Å². The number of anilines is 1. The molecule has 106 valence electrons. The van der Waals surface area contributed by atoms with Gasteiger partial charge in [0.05, 0.1) is 17.6 Å². The Bertz CT molecular complexity index is 819. The fourth-order valence-corrected chi connectivity index (χ4v) is 3.12. The molecule has 21 heavy (non-hydrogen) atoms. The third-order valence-electron chi connectivity index (χ3n) is 3.42. The van der Waals surface area contributed by atoms with Gasteiger partial charge >= 0.3 is 0 Å². The SMILES string of the molecule is Cc1nc(CC(=O)c2cc(N)c3ccccc3n2)sc1C. The van der Waals surface area contributed by atoms with E-state index < -0.39 is 0 Å². The summed E-state index contributed by atoms with van der Waals surface area (Å²) in [5.41, 5.74) is 8.71. The van der Waals surface area contributed by atoms with Crippen LogP contribution in [0.15, 0.2) is 30.3 Å². The van der Waals surface area contributed by atoms with E-state index in [-0.39, 0.29) is 12.2 Å². The number of carbonyl (C=O) groups excluding carboxylic acids is 1. The molecule has 0 saturated carbocycles. The van der Waals surface area contributed by atoms with Gasteiger partial charge in [0.15, 0.2) is 5.78 Å². The van der Waals surface area contributed by atoms with Crippen LogP contribution in [0.2, 0.25) is 0 Å². The lowest BCUT2D eigenvalue weighted by Crippen LogP contribution is -2.07. The molecular weight excluding hydrogens is 282 g/mol. The lowest BCUT2D eigenvalue weighted by Gasteiger charge is -2.04. The van der Waals surface area contributed by atoms with E-state index in [1.807, 2.05) is 38.1 Å². The van der Waals surface area contributed by atoms with E-state index in [0.717, 1.165) is 26.5 Å². The highest BCUT2D eigenvalue weighted by Crippen LogP contribution is 2.22. The van der Waals surface area contributed by atoms with Gasteiger partial charge in [0.25, 0.3) is 0 Å². The molecule has 2 heterocycles. The summed E-state index contributed by atoms with van der Waals surface area (Å²) in [6.45, 7) is 3.96. The number of rotatable bonds is 3. The second-order valence-electron chi connectivity index (χ2n) is 4.96. The lowest BCUT2D eigenvalue weighted by atomic mass is 10.1. The van der Waals surface area contributed by atoms with Gasteiger partial charge < -0.3 is 5.73 Å². The largest absolute Gasteiger partial charge is 0.398 e. The number of carbonyl (C=O) groups is 1. The Morgan fingerprint density at radius 2 is 2.00 bits per heavy atom. The van der Waals surface area contributed by atoms with E-state index in [1.165, 1.54) is 0 Å². The Morgan fingerprint density at radius 3 is 2.71 bits per heavy atom. The minimum atomic E-state index is -0.0544. The average molecular weight is 297 g/mol. The summed E-state index contributed by atoms with van der Waals surface area (Å²) in [5.74, 6) is -0.0544. The number of nitrogens with two attached hydrogens (primary N) is 1. The van der Waals surface area contributed by atoms with Crippen LogP contribution in [0, 0.1) is 13.8 Å². The molecule has 0 unspecified atom stereocenters. The summed E-state index contributed by atoms with van der Waals surface area (Å²) in [6.07, 6.45) is 0.268. The first-order valence-corrected chi connectivity index (χ1v) is 7.47. The van der Waals surface area contributed by atoms with Gasteiger partial charge in [-0.2, -0.15) is 0 Å². The van der Waals surface area contributed by atoms with Crippen molar-refractivity contribution < 1.29 is 4.79 Å². The Hall–Kier alpha value is -2.27. The maximum absolute atomic E-state index is 12.4. The molecule has 3 rings (SSSR count). The molecule has 3 aromatic rings. The normalized spacial score (nSPS) is 11.0. The highest BCUT2D eigenvalue weighted by Gasteiger charge is 2.14. The highest BCUT2D eigenvalue weighted by molar-refractivity contribution is 7.11. The fraction of sp³-hybridized carbons (Fsp3) is 0.188. The molecule has 1 aromatic carbocycles. The summed E-state index contributed by atoms with van der Waals surface area (Å²) >= 11 is 1.55. The third kappa shape index (κ3) is 2.64. The summed E-state index contributed by atoms with van der Waals surface area (Å²) in [5, 5.41) is 1.69. The van der Waals surface area contributed by atoms with Crippen molar-refractivity contribution in [1.29, 1.82) is 0 Å². The van der Waals surface area contributed by atoms with Crippen molar-refractivity contribution in [2.24, 2.45) is 0 Å². The summed E-state index contributed by atoms with van der Waals surface area (Å²) in [7, 11) is 0. The van der Waals surface area contributed by atoms with Crippen molar-refractivity contribution >= 4 is 33.7 Å². The minimum absolute atomic E-state index is 0.0544. The zero-order chi connectivity index (χ0) is 15.0. The predicted molar refractivity (Wildman–Crippen MR) is 85.8 cm³/mol. The molecular formula is C16H15N3OS. The topological polar surface area (TPSA) is 68.9 Å². The van der Waals surface area contributed by atoms with Gasteiger partial charge in [0.2, 0.25) is 0 Å². The minimum Gasteiger partial charge on any atom is -0.398 e. The van der Waals surface area contributed by atoms with E-state index in [9.17, 15) is 4.79 Å². The van der Waals surface area contributed by atoms with Gasteiger partial charge in [-0.15, -0.1) is 11.3 Å². The van der Waals surface area contributed by atoms with Crippen LogP contribution in [-0.2, 0) is 6.42 Å². The smallest absolute Gasteiger partial charge is 0.188 e. The number of benzene rings is 1. The molecule has 0 aliphatic carbocycles. The van der Waals surface area contributed by atoms with Crippen LogP contribution in [0.4, 0.5) is 5.69 Å². The highest BCUT2D eigenvalue weighted by atomic mass is 32.1. The number of aryl methyl sites for hydroxylation is 2. The number of aromatic nitrogens is 2. The van der Waals surface area contributed by atoms with E-state index in [1.54, 1.807) is 17.4 Å². The number of para-hydroxylation sites is 1. The zero-order valence-corrected chi connectivity index (χ0v) is 12.7. The monoisotopic (exact) mass is 297 g/mol. The van der Waals surface area contributed by atoms with Gasteiger partial charge in [-0.05, 0) is 26.0 Å². The molecule has 0 atom stereocenters. The maximum atomic E-state index is 12.4. The number of Topliss-reactive ketones (excluding diaryl/α,β-unsaturated/α-hetero) is 1. The van der Waals surface area contributed by atoms with Crippen LogP contribution >= 0.6 is 11.3 Å². The number of hydrogen-bond donors (Lipinski definition) is 1. The molecule has 0 amide bonds. The second kappa shape index (κ2) is 5.26. The Kier molecular flexibility index (Phi) is 3.43. The molecule has 4 nitrogen and oxygen atoms in total. The first-order valence-electron chi connectivity index (χ1n) is 6.66. The molecule has 0 radical (unpaired) electrons. The van der Waals surface area contributed by atoms with Gasteiger partial charge in [0.1, 0.15) is 10.7 Å². The number of thiazole rings is 1. The third-order valence-corrected chi connectivity index (χ3v) is 4.49. The summed E-state index contributed by atoms with van der Waals surface area (Å²) < 4.78 is 0.